The van der Waals surface area contributed by atoms with E-state index in [9.17, 15) is 4.79 Å². The van der Waals surface area contributed by atoms with E-state index in [4.69, 9.17) is 11.6 Å². The first-order valence-corrected chi connectivity index (χ1v) is 5.97. The number of nitrogens with zero attached hydrogens (tertiary/aromatic N) is 3. The fourth-order valence-electron chi connectivity index (χ4n) is 1.20. The number of aromatic nitrogens is 2. The molecule has 0 spiro atoms. The summed E-state index contributed by atoms with van der Waals surface area (Å²) in [4.78, 5) is 13.8. The lowest BCUT2D eigenvalue weighted by atomic mass is 10.1. The molecule has 0 atom stereocenters. The molecule has 0 saturated heterocycles. The zero-order chi connectivity index (χ0) is 12.3. The molecule has 0 aliphatic rings. The molecule has 4 nitrogen and oxygen atoms in total. The van der Waals surface area contributed by atoms with Crippen molar-refractivity contribution in [2.24, 2.45) is 0 Å². The summed E-state index contributed by atoms with van der Waals surface area (Å²) in [7, 11) is 0. The molecule has 0 aromatic carbocycles. The van der Waals surface area contributed by atoms with Gasteiger partial charge in [0.1, 0.15) is 0 Å². The number of rotatable bonds is 3. The van der Waals surface area contributed by atoms with Crippen LogP contribution in [0.3, 0.4) is 0 Å². The molecule has 0 radical (unpaired) electrons. The van der Waals surface area contributed by atoms with Gasteiger partial charge >= 0.3 is 0 Å². The summed E-state index contributed by atoms with van der Waals surface area (Å²) in [6, 6.07) is 0. The molecule has 16 heavy (non-hydrogen) atoms. The maximum atomic E-state index is 12.1. The van der Waals surface area contributed by atoms with Gasteiger partial charge in [0, 0.05) is 12.1 Å². The van der Waals surface area contributed by atoms with Gasteiger partial charge in [0.15, 0.2) is 0 Å². The largest absolute Gasteiger partial charge is 0.328 e. The van der Waals surface area contributed by atoms with Crippen LogP contribution in [0.5, 0.6) is 0 Å². The summed E-state index contributed by atoms with van der Waals surface area (Å²) in [6.07, 6.45) is 1.69. The minimum Gasteiger partial charge on any atom is -0.328 e. The van der Waals surface area contributed by atoms with Gasteiger partial charge in [-0.2, -0.15) is 0 Å². The third kappa shape index (κ3) is 3.02. The van der Waals surface area contributed by atoms with Crippen molar-refractivity contribution in [2.75, 3.05) is 6.54 Å². The summed E-state index contributed by atoms with van der Waals surface area (Å²) in [6.45, 7) is 9.98. The van der Waals surface area contributed by atoms with Gasteiger partial charge in [-0.15, -0.1) is 16.8 Å². The highest BCUT2D eigenvalue weighted by molar-refractivity contribution is 7.17. The lowest BCUT2D eigenvalue weighted by molar-refractivity contribution is 0.0615. The van der Waals surface area contributed by atoms with Crippen LogP contribution in [0.15, 0.2) is 12.7 Å². The van der Waals surface area contributed by atoms with Crippen LogP contribution >= 0.6 is 22.9 Å². The molecule has 0 bridgehead atoms. The van der Waals surface area contributed by atoms with Crippen molar-refractivity contribution >= 4 is 28.8 Å². The maximum absolute atomic E-state index is 12.1. The van der Waals surface area contributed by atoms with Crippen molar-refractivity contribution in [3.8, 4) is 0 Å². The van der Waals surface area contributed by atoms with Crippen molar-refractivity contribution < 1.29 is 4.79 Å². The van der Waals surface area contributed by atoms with Gasteiger partial charge < -0.3 is 4.90 Å². The first-order chi connectivity index (χ1) is 7.36. The molecule has 1 aromatic heterocycles. The van der Waals surface area contributed by atoms with E-state index in [-0.39, 0.29) is 15.9 Å². The number of amides is 1. The van der Waals surface area contributed by atoms with E-state index < -0.39 is 0 Å². The summed E-state index contributed by atoms with van der Waals surface area (Å²) >= 11 is 6.74. The fraction of sp³-hybridized carbons (Fsp3) is 0.500. The van der Waals surface area contributed by atoms with Crippen molar-refractivity contribution in [3.63, 3.8) is 0 Å². The molecule has 0 fully saturated rings. The van der Waals surface area contributed by atoms with Gasteiger partial charge in [-0.25, -0.2) is 0 Å². The predicted molar refractivity (Wildman–Crippen MR) is 65.9 cm³/mol. The fourth-order valence-corrected chi connectivity index (χ4v) is 1.98. The third-order valence-corrected chi connectivity index (χ3v) is 2.96. The Hall–Kier alpha value is -0.940. The highest BCUT2D eigenvalue weighted by Gasteiger charge is 2.28. The number of hydrogen-bond acceptors (Lipinski definition) is 4. The van der Waals surface area contributed by atoms with Gasteiger partial charge in [-0.3, -0.25) is 4.79 Å². The quantitative estimate of drug-likeness (QED) is 0.784. The number of halogens is 1. The zero-order valence-electron chi connectivity index (χ0n) is 9.53. The van der Waals surface area contributed by atoms with Crippen LogP contribution in [-0.2, 0) is 0 Å². The van der Waals surface area contributed by atoms with Crippen LogP contribution in [0, 0.1) is 0 Å². The Bertz CT molecular complexity index is 397. The monoisotopic (exact) mass is 259 g/mol. The molecule has 0 aliphatic carbocycles. The second-order valence-corrected chi connectivity index (χ2v) is 5.80. The molecular weight excluding hydrogens is 246 g/mol. The molecule has 88 valence electrons. The van der Waals surface area contributed by atoms with Crippen LogP contribution in [0.25, 0.3) is 0 Å². The van der Waals surface area contributed by atoms with Crippen molar-refractivity contribution in [1.82, 2.24) is 15.1 Å². The van der Waals surface area contributed by atoms with Crippen LogP contribution in [0.4, 0.5) is 0 Å². The lowest BCUT2D eigenvalue weighted by Gasteiger charge is -2.34. The molecule has 1 rings (SSSR count). The molecule has 0 aliphatic heterocycles. The molecule has 6 heteroatoms. The molecule has 1 heterocycles. The molecular formula is C10H14ClN3OS. The molecule has 0 N–H and O–H groups in total. The Kier molecular flexibility index (Phi) is 4.04. The first-order valence-electron chi connectivity index (χ1n) is 4.78. The molecule has 0 unspecified atom stereocenters. The van der Waals surface area contributed by atoms with E-state index in [0.29, 0.717) is 11.6 Å². The van der Waals surface area contributed by atoms with Crippen LogP contribution in [0.1, 0.15) is 30.6 Å². The SMILES string of the molecule is C=CCN(C(=O)c1nnc(Cl)s1)C(C)(C)C. The van der Waals surface area contributed by atoms with Crippen LogP contribution < -0.4 is 0 Å². The van der Waals surface area contributed by atoms with E-state index in [2.05, 4.69) is 16.8 Å². The Labute approximate surface area is 104 Å². The van der Waals surface area contributed by atoms with Crippen molar-refractivity contribution in [1.29, 1.82) is 0 Å². The normalized spacial score (nSPS) is 11.2. The Balaban J connectivity index is 2.96. The molecule has 0 saturated carbocycles. The van der Waals surface area contributed by atoms with E-state index in [1.807, 2.05) is 20.8 Å². The predicted octanol–water partition coefficient (Wildman–Crippen LogP) is 2.62. The van der Waals surface area contributed by atoms with Gasteiger partial charge in [0.2, 0.25) is 9.47 Å². The zero-order valence-corrected chi connectivity index (χ0v) is 11.1. The Morgan fingerprint density at radius 2 is 2.19 bits per heavy atom. The first kappa shape index (κ1) is 13.1. The second-order valence-electron chi connectivity index (χ2n) is 4.24. The van der Waals surface area contributed by atoms with E-state index in [1.165, 1.54) is 0 Å². The van der Waals surface area contributed by atoms with Crippen LogP contribution in [0.2, 0.25) is 4.47 Å². The van der Waals surface area contributed by atoms with Gasteiger partial charge in [-0.05, 0) is 32.4 Å². The van der Waals surface area contributed by atoms with E-state index >= 15 is 0 Å². The smallest absolute Gasteiger partial charge is 0.285 e. The van der Waals surface area contributed by atoms with Gasteiger partial charge in [-0.1, -0.05) is 17.4 Å². The van der Waals surface area contributed by atoms with E-state index in [0.717, 1.165) is 11.3 Å². The van der Waals surface area contributed by atoms with Crippen LogP contribution in [-0.4, -0.2) is 33.1 Å². The van der Waals surface area contributed by atoms with Crippen molar-refractivity contribution in [3.05, 3.63) is 22.1 Å². The molecule has 1 aromatic rings. The Morgan fingerprint density at radius 3 is 2.56 bits per heavy atom. The number of hydrogen-bond donors (Lipinski definition) is 0. The number of carbonyl (C=O) groups excluding carboxylic acids is 1. The topological polar surface area (TPSA) is 46.1 Å². The average Bonchev–Trinajstić information content (AvgIpc) is 2.58. The van der Waals surface area contributed by atoms with Gasteiger partial charge in [0.25, 0.3) is 5.91 Å². The third-order valence-electron chi connectivity index (χ3n) is 1.95. The Morgan fingerprint density at radius 1 is 1.56 bits per heavy atom. The number of carbonyl (C=O) groups is 1. The lowest BCUT2D eigenvalue weighted by Crippen LogP contribution is -2.45. The second kappa shape index (κ2) is 4.93. The average molecular weight is 260 g/mol. The minimum absolute atomic E-state index is 0.170. The summed E-state index contributed by atoms with van der Waals surface area (Å²) in [5.41, 5.74) is -0.288. The highest BCUT2D eigenvalue weighted by Crippen LogP contribution is 2.21. The summed E-state index contributed by atoms with van der Waals surface area (Å²) in [5.74, 6) is -0.170. The van der Waals surface area contributed by atoms with Gasteiger partial charge in [0.05, 0.1) is 0 Å². The maximum Gasteiger partial charge on any atom is 0.285 e. The highest BCUT2D eigenvalue weighted by atomic mass is 35.5. The van der Waals surface area contributed by atoms with Crippen molar-refractivity contribution in [2.45, 2.75) is 26.3 Å². The standard InChI is InChI=1S/C10H14ClN3OS/c1-5-6-14(10(2,3)4)8(15)7-12-13-9(11)16-7/h5H,1,6H2,2-4H3. The molecule has 1 amide bonds. The summed E-state index contributed by atoms with van der Waals surface area (Å²) < 4.78 is 0.274. The minimum atomic E-state index is -0.288. The summed E-state index contributed by atoms with van der Waals surface area (Å²) in [5, 5.41) is 7.67. The van der Waals surface area contributed by atoms with E-state index in [1.54, 1.807) is 11.0 Å².